The monoisotopic (exact) mass is 212 g/mol. The molecule has 2 fully saturated rings. The highest BCUT2D eigenvalue weighted by Gasteiger charge is 2.34. The summed E-state index contributed by atoms with van der Waals surface area (Å²) in [4.78, 5) is 11.4. The summed E-state index contributed by atoms with van der Waals surface area (Å²) in [6, 6.07) is 1.51. The molecule has 2 rings (SSSR count). The van der Waals surface area contributed by atoms with Gasteiger partial charge in [0.2, 0.25) is 0 Å². The molecule has 4 heteroatoms. The molecule has 86 valence electrons. The summed E-state index contributed by atoms with van der Waals surface area (Å²) in [5, 5.41) is 6.49. The lowest BCUT2D eigenvalue weighted by Gasteiger charge is -2.29. The predicted molar refractivity (Wildman–Crippen MR) is 57.7 cm³/mol. The number of rotatable bonds is 2. The molecule has 0 aromatic carbocycles. The van der Waals surface area contributed by atoms with E-state index < -0.39 is 0 Å². The van der Waals surface area contributed by atoms with Crippen LogP contribution in [0.1, 0.15) is 39.5 Å². The standard InChI is InChI=1S/C11H20N2O2/c1-7(2)15-11(14)13-10-5-8-3-4-9(6-10)12-8/h7-10,12H,3-6H2,1-2H3,(H,13,14). The summed E-state index contributed by atoms with van der Waals surface area (Å²) in [5.74, 6) is 0. The van der Waals surface area contributed by atoms with Crippen LogP contribution in [0.2, 0.25) is 0 Å². The van der Waals surface area contributed by atoms with Crippen LogP contribution < -0.4 is 10.6 Å². The molecular weight excluding hydrogens is 192 g/mol. The summed E-state index contributed by atoms with van der Waals surface area (Å²) in [5.41, 5.74) is 0. The maximum atomic E-state index is 11.4. The SMILES string of the molecule is CC(C)OC(=O)NC1CC2CCC(C1)N2. The van der Waals surface area contributed by atoms with Gasteiger partial charge in [-0.25, -0.2) is 4.79 Å². The fraction of sp³-hybridized carbons (Fsp3) is 0.909. The Hall–Kier alpha value is -0.770. The Morgan fingerprint density at radius 1 is 1.33 bits per heavy atom. The fourth-order valence-corrected chi connectivity index (χ4v) is 2.59. The van der Waals surface area contributed by atoms with Gasteiger partial charge in [-0.1, -0.05) is 0 Å². The van der Waals surface area contributed by atoms with Gasteiger partial charge in [-0.15, -0.1) is 0 Å². The van der Waals surface area contributed by atoms with Crippen LogP contribution in [0.4, 0.5) is 4.79 Å². The molecule has 15 heavy (non-hydrogen) atoms. The molecule has 0 aromatic heterocycles. The third-order valence-electron chi connectivity index (χ3n) is 3.14. The quantitative estimate of drug-likeness (QED) is 0.727. The average molecular weight is 212 g/mol. The molecule has 4 nitrogen and oxygen atoms in total. The second-order valence-corrected chi connectivity index (χ2v) is 4.90. The number of carbonyl (C=O) groups is 1. The summed E-state index contributed by atoms with van der Waals surface area (Å²) < 4.78 is 5.07. The maximum Gasteiger partial charge on any atom is 0.407 e. The summed E-state index contributed by atoms with van der Waals surface area (Å²) in [6.45, 7) is 3.73. The van der Waals surface area contributed by atoms with Crippen LogP contribution in [0.3, 0.4) is 0 Å². The zero-order valence-electron chi connectivity index (χ0n) is 9.45. The number of ether oxygens (including phenoxy) is 1. The van der Waals surface area contributed by atoms with E-state index in [0.717, 1.165) is 12.8 Å². The minimum Gasteiger partial charge on any atom is -0.447 e. The number of nitrogens with one attached hydrogen (secondary N) is 2. The minimum atomic E-state index is -0.267. The third-order valence-corrected chi connectivity index (χ3v) is 3.14. The Kier molecular flexibility index (Phi) is 3.14. The van der Waals surface area contributed by atoms with Crippen LogP contribution in [-0.4, -0.2) is 30.3 Å². The van der Waals surface area contributed by atoms with Crippen LogP contribution in [0, 0.1) is 0 Å². The van der Waals surface area contributed by atoms with Crippen molar-refractivity contribution in [1.29, 1.82) is 0 Å². The molecule has 2 bridgehead atoms. The molecule has 2 aliphatic rings. The summed E-state index contributed by atoms with van der Waals surface area (Å²) in [7, 11) is 0. The van der Waals surface area contributed by atoms with E-state index in [1.807, 2.05) is 13.8 Å². The molecule has 2 atom stereocenters. The maximum absolute atomic E-state index is 11.4. The van der Waals surface area contributed by atoms with Crippen molar-refractivity contribution in [2.75, 3.05) is 0 Å². The van der Waals surface area contributed by atoms with Gasteiger partial charge in [-0.3, -0.25) is 0 Å². The van der Waals surface area contributed by atoms with Crippen molar-refractivity contribution in [2.24, 2.45) is 0 Å². The van der Waals surface area contributed by atoms with E-state index in [1.165, 1.54) is 12.8 Å². The summed E-state index contributed by atoms with van der Waals surface area (Å²) in [6.07, 6.45) is 4.29. The van der Waals surface area contributed by atoms with Gasteiger partial charge in [0, 0.05) is 18.1 Å². The first-order valence-electron chi connectivity index (χ1n) is 5.86. The van der Waals surface area contributed by atoms with E-state index in [1.54, 1.807) is 0 Å². The van der Waals surface area contributed by atoms with E-state index in [2.05, 4.69) is 10.6 Å². The molecule has 2 N–H and O–H groups in total. The lowest BCUT2D eigenvalue weighted by molar-refractivity contribution is 0.109. The van der Waals surface area contributed by atoms with Gasteiger partial charge in [-0.05, 0) is 39.5 Å². The van der Waals surface area contributed by atoms with Crippen molar-refractivity contribution < 1.29 is 9.53 Å². The van der Waals surface area contributed by atoms with Crippen LogP contribution in [-0.2, 0) is 4.74 Å². The molecule has 2 unspecified atom stereocenters. The highest BCUT2D eigenvalue weighted by Crippen LogP contribution is 2.26. The second kappa shape index (κ2) is 4.39. The number of carbonyl (C=O) groups excluding carboxylic acids is 1. The lowest BCUT2D eigenvalue weighted by Crippen LogP contribution is -2.48. The Morgan fingerprint density at radius 3 is 2.47 bits per heavy atom. The Bertz CT molecular complexity index is 231. The number of amides is 1. The first-order chi connectivity index (χ1) is 7.13. The first kappa shape index (κ1) is 10.7. The van der Waals surface area contributed by atoms with Crippen molar-refractivity contribution >= 4 is 6.09 Å². The molecule has 0 aliphatic carbocycles. The highest BCUT2D eigenvalue weighted by molar-refractivity contribution is 5.67. The molecule has 0 saturated carbocycles. The lowest BCUT2D eigenvalue weighted by atomic mass is 10.0. The van der Waals surface area contributed by atoms with Gasteiger partial charge < -0.3 is 15.4 Å². The van der Waals surface area contributed by atoms with Crippen molar-refractivity contribution in [3.8, 4) is 0 Å². The molecule has 2 heterocycles. The van der Waals surface area contributed by atoms with Crippen molar-refractivity contribution in [3.63, 3.8) is 0 Å². The van der Waals surface area contributed by atoms with E-state index >= 15 is 0 Å². The zero-order valence-corrected chi connectivity index (χ0v) is 9.45. The van der Waals surface area contributed by atoms with E-state index in [4.69, 9.17) is 4.74 Å². The number of fused-ring (bicyclic) bond motifs is 2. The largest absolute Gasteiger partial charge is 0.447 e. The Morgan fingerprint density at radius 2 is 1.93 bits per heavy atom. The minimum absolute atomic E-state index is 0.0385. The molecule has 1 amide bonds. The number of alkyl carbamates (subject to hydrolysis) is 1. The van der Waals surface area contributed by atoms with Gasteiger partial charge in [0.05, 0.1) is 6.10 Å². The molecule has 2 saturated heterocycles. The van der Waals surface area contributed by atoms with Crippen LogP contribution in [0.25, 0.3) is 0 Å². The predicted octanol–water partition coefficient (Wildman–Crippen LogP) is 1.40. The molecule has 0 spiro atoms. The normalized spacial score (nSPS) is 34.2. The Balaban J connectivity index is 1.78. The molecule has 2 aliphatic heterocycles. The second-order valence-electron chi connectivity index (χ2n) is 4.90. The van der Waals surface area contributed by atoms with Gasteiger partial charge in [-0.2, -0.15) is 0 Å². The fourth-order valence-electron chi connectivity index (χ4n) is 2.59. The van der Waals surface area contributed by atoms with Gasteiger partial charge in [0.1, 0.15) is 0 Å². The number of hydrogen-bond acceptors (Lipinski definition) is 3. The van der Waals surface area contributed by atoms with E-state index in [9.17, 15) is 4.79 Å². The van der Waals surface area contributed by atoms with Crippen molar-refractivity contribution in [3.05, 3.63) is 0 Å². The van der Waals surface area contributed by atoms with Gasteiger partial charge in [0.25, 0.3) is 0 Å². The van der Waals surface area contributed by atoms with Crippen molar-refractivity contribution in [2.45, 2.75) is 63.8 Å². The molecular formula is C11H20N2O2. The van der Waals surface area contributed by atoms with Crippen molar-refractivity contribution in [1.82, 2.24) is 10.6 Å². The first-order valence-corrected chi connectivity index (χ1v) is 5.86. The highest BCUT2D eigenvalue weighted by atomic mass is 16.6. The topological polar surface area (TPSA) is 50.4 Å². The van der Waals surface area contributed by atoms with Crippen LogP contribution >= 0.6 is 0 Å². The number of hydrogen-bond donors (Lipinski definition) is 2. The number of piperidine rings is 1. The Labute approximate surface area is 90.8 Å². The molecule has 0 aromatic rings. The molecule has 0 radical (unpaired) electrons. The smallest absolute Gasteiger partial charge is 0.407 e. The van der Waals surface area contributed by atoms with Gasteiger partial charge in [0.15, 0.2) is 0 Å². The zero-order chi connectivity index (χ0) is 10.8. The van der Waals surface area contributed by atoms with Crippen LogP contribution in [0.15, 0.2) is 0 Å². The summed E-state index contributed by atoms with van der Waals surface area (Å²) >= 11 is 0. The third kappa shape index (κ3) is 2.84. The van der Waals surface area contributed by atoms with E-state index in [0.29, 0.717) is 18.1 Å². The average Bonchev–Trinajstić information content (AvgIpc) is 2.44. The van der Waals surface area contributed by atoms with Crippen LogP contribution in [0.5, 0.6) is 0 Å². The van der Waals surface area contributed by atoms with E-state index in [-0.39, 0.29) is 12.2 Å². The van der Waals surface area contributed by atoms with Gasteiger partial charge >= 0.3 is 6.09 Å².